The van der Waals surface area contributed by atoms with E-state index in [4.69, 9.17) is 17.3 Å². The first kappa shape index (κ1) is 15.6. The Kier molecular flexibility index (Phi) is 5.03. The van der Waals surface area contributed by atoms with E-state index in [1.165, 1.54) is 22.4 Å². The maximum Gasteiger partial charge on any atom is 0.254 e. The van der Waals surface area contributed by atoms with Gasteiger partial charge < -0.3 is 5.73 Å². The van der Waals surface area contributed by atoms with E-state index < -0.39 is 5.91 Å². The van der Waals surface area contributed by atoms with Gasteiger partial charge in [0.05, 0.1) is 0 Å². The summed E-state index contributed by atoms with van der Waals surface area (Å²) in [5, 5.41) is 1.11. The first-order valence-corrected chi connectivity index (χ1v) is 7.56. The third-order valence-electron chi connectivity index (χ3n) is 2.73. The number of carbonyl (C=O) groups excluding carboxylic acids is 1. The van der Waals surface area contributed by atoms with Crippen molar-refractivity contribution in [1.82, 2.24) is 9.55 Å². The minimum atomic E-state index is -0.581. The van der Waals surface area contributed by atoms with E-state index in [-0.39, 0.29) is 12.1 Å². The molecule has 0 unspecified atom stereocenters. The number of carbonyl (C=O) groups is 1. The molecule has 1 amide bonds. The minimum absolute atomic E-state index is 0.184. The molecule has 21 heavy (non-hydrogen) atoms. The highest BCUT2D eigenvalue weighted by Gasteiger charge is 2.11. The van der Waals surface area contributed by atoms with E-state index in [1.54, 1.807) is 13.0 Å². The van der Waals surface area contributed by atoms with Crippen molar-refractivity contribution in [2.45, 2.75) is 24.4 Å². The Morgan fingerprint density at radius 1 is 1.43 bits per heavy atom. The first-order valence-electron chi connectivity index (χ1n) is 6.20. The Balaban J connectivity index is 2.28. The number of nitrogens with zero attached hydrogens (tertiary/aromatic N) is 2. The number of nitrogens with two attached hydrogens (primary N) is 1. The largest absolute Gasteiger partial charge is 0.368 e. The summed E-state index contributed by atoms with van der Waals surface area (Å²) in [4.78, 5) is 27.3. The standard InChI is InChI=1S/C14H14ClN3O2S/c1-9-6-13(20)18(7-12(16)19)14(17-9)21-8-10-4-2-3-5-11(10)15/h2-6H,7-8H2,1H3,(H2,16,19). The molecule has 0 bridgehead atoms. The molecular formula is C14H14ClN3O2S. The normalized spacial score (nSPS) is 10.6. The fraction of sp³-hybridized carbons (Fsp3) is 0.214. The second kappa shape index (κ2) is 6.78. The second-order valence-corrected chi connectivity index (χ2v) is 5.80. The van der Waals surface area contributed by atoms with Crippen LogP contribution in [-0.2, 0) is 17.1 Å². The van der Waals surface area contributed by atoms with Crippen molar-refractivity contribution in [3.8, 4) is 0 Å². The lowest BCUT2D eigenvalue weighted by Gasteiger charge is -2.11. The summed E-state index contributed by atoms with van der Waals surface area (Å²) in [6, 6.07) is 8.83. The monoisotopic (exact) mass is 323 g/mol. The number of thioether (sulfide) groups is 1. The van der Waals surface area contributed by atoms with Crippen LogP contribution in [0.4, 0.5) is 0 Å². The number of hydrogen-bond donors (Lipinski definition) is 1. The Labute approximate surface area is 131 Å². The summed E-state index contributed by atoms with van der Waals surface area (Å²) in [5.74, 6) is -0.0312. The first-order chi connectivity index (χ1) is 9.97. The molecule has 2 N–H and O–H groups in total. The van der Waals surface area contributed by atoms with E-state index >= 15 is 0 Å². The molecule has 0 fully saturated rings. The second-order valence-electron chi connectivity index (χ2n) is 4.45. The van der Waals surface area contributed by atoms with E-state index in [0.29, 0.717) is 21.6 Å². The minimum Gasteiger partial charge on any atom is -0.368 e. The molecule has 0 aliphatic heterocycles. The lowest BCUT2D eigenvalue weighted by Crippen LogP contribution is -2.29. The molecule has 2 aromatic rings. The van der Waals surface area contributed by atoms with Crippen molar-refractivity contribution >= 4 is 29.3 Å². The van der Waals surface area contributed by atoms with Crippen molar-refractivity contribution in [2.75, 3.05) is 0 Å². The van der Waals surface area contributed by atoms with Gasteiger partial charge in [-0.2, -0.15) is 0 Å². The van der Waals surface area contributed by atoms with Crippen LogP contribution >= 0.6 is 23.4 Å². The Morgan fingerprint density at radius 2 is 2.14 bits per heavy atom. The smallest absolute Gasteiger partial charge is 0.254 e. The summed E-state index contributed by atoms with van der Waals surface area (Å²) in [7, 11) is 0. The van der Waals surface area contributed by atoms with Gasteiger partial charge in [0, 0.05) is 22.5 Å². The topological polar surface area (TPSA) is 78.0 Å². The molecule has 1 aromatic heterocycles. The lowest BCUT2D eigenvalue weighted by atomic mass is 10.2. The van der Waals surface area contributed by atoms with Crippen LogP contribution in [0, 0.1) is 6.92 Å². The van der Waals surface area contributed by atoms with Crippen LogP contribution in [0.2, 0.25) is 5.02 Å². The van der Waals surface area contributed by atoms with Gasteiger partial charge in [0.25, 0.3) is 5.56 Å². The summed E-state index contributed by atoms with van der Waals surface area (Å²) in [6.45, 7) is 1.55. The number of aromatic nitrogens is 2. The number of halogens is 1. The lowest BCUT2D eigenvalue weighted by molar-refractivity contribution is -0.118. The summed E-state index contributed by atoms with van der Waals surface area (Å²) in [5.41, 5.74) is 6.42. The third-order valence-corrected chi connectivity index (χ3v) is 4.12. The Hall–Kier alpha value is -1.79. The number of aryl methyl sites for hydroxylation is 1. The number of benzene rings is 1. The molecule has 7 heteroatoms. The van der Waals surface area contributed by atoms with E-state index in [9.17, 15) is 9.59 Å². The zero-order valence-corrected chi connectivity index (χ0v) is 12.9. The number of hydrogen-bond acceptors (Lipinski definition) is 4. The molecule has 5 nitrogen and oxygen atoms in total. The molecule has 0 saturated carbocycles. The highest BCUT2D eigenvalue weighted by atomic mass is 35.5. The van der Waals surface area contributed by atoms with Crippen LogP contribution in [-0.4, -0.2) is 15.5 Å². The molecule has 0 aliphatic carbocycles. The van der Waals surface area contributed by atoms with Gasteiger partial charge in [-0.3, -0.25) is 14.2 Å². The maximum atomic E-state index is 12.0. The number of amides is 1. The van der Waals surface area contributed by atoms with Crippen LogP contribution in [0.1, 0.15) is 11.3 Å². The Bertz CT molecular complexity index is 730. The average molecular weight is 324 g/mol. The molecule has 2 rings (SSSR count). The van der Waals surface area contributed by atoms with Crippen molar-refractivity contribution in [3.05, 3.63) is 57.0 Å². The molecule has 1 aromatic carbocycles. The van der Waals surface area contributed by atoms with Gasteiger partial charge in [-0.25, -0.2) is 4.98 Å². The summed E-state index contributed by atoms with van der Waals surface area (Å²) < 4.78 is 1.27. The predicted octanol–water partition coefficient (Wildman–Crippen LogP) is 1.98. The van der Waals surface area contributed by atoms with E-state index in [1.807, 2.05) is 18.2 Å². The fourth-order valence-corrected chi connectivity index (χ4v) is 3.10. The van der Waals surface area contributed by atoms with Crippen molar-refractivity contribution in [2.24, 2.45) is 5.73 Å². The van der Waals surface area contributed by atoms with Crippen LogP contribution < -0.4 is 11.3 Å². The molecule has 0 spiro atoms. The molecular weight excluding hydrogens is 310 g/mol. The van der Waals surface area contributed by atoms with Crippen molar-refractivity contribution < 1.29 is 4.79 Å². The van der Waals surface area contributed by atoms with Crippen LogP contribution in [0.5, 0.6) is 0 Å². The quantitative estimate of drug-likeness (QED) is 0.674. The van der Waals surface area contributed by atoms with Gasteiger partial charge in [0.2, 0.25) is 5.91 Å². The number of rotatable bonds is 5. The number of primary amides is 1. The van der Waals surface area contributed by atoms with Gasteiger partial charge in [-0.1, -0.05) is 41.6 Å². The van der Waals surface area contributed by atoms with Gasteiger partial charge in [0.15, 0.2) is 5.16 Å². The average Bonchev–Trinajstić information content (AvgIpc) is 2.41. The van der Waals surface area contributed by atoms with Crippen molar-refractivity contribution in [3.63, 3.8) is 0 Å². The maximum absolute atomic E-state index is 12.0. The molecule has 1 heterocycles. The molecule has 0 aliphatic rings. The molecule has 0 saturated heterocycles. The highest BCUT2D eigenvalue weighted by Crippen LogP contribution is 2.24. The summed E-state index contributed by atoms with van der Waals surface area (Å²) in [6.07, 6.45) is 0. The fourth-order valence-electron chi connectivity index (χ4n) is 1.76. The third kappa shape index (κ3) is 4.09. The van der Waals surface area contributed by atoms with Crippen LogP contribution in [0.15, 0.2) is 40.3 Å². The molecule has 0 atom stereocenters. The predicted molar refractivity (Wildman–Crippen MR) is 83.4 cm³/mol. The molecule has 110 valence electrons. The zero-order valence-electron chi connectivity index (χ0n) is 11.4. The van der Waals surface area contributed by atoms with Gasteiger partial charge >= 0.3 is 0 Å². The van der Waals surface area contributed by atoms with Crippen molar-refractivity contribution in [1.29, 1.82) is 0 Å². The zero-order chi connectivity index (χ0) is 15.4. The summed E-state index contributed by atoms with van der Waals surface area (Å²) >= 11 is 7.45. The van der Waals surface area contributed by atoms with Gasteiger partial charge in [-0.05, 0) is 18.6 Å². The van der Waals surface area contributed by atoms with Crippen LogP contribution in [0.25, 0.3) is 0 Å². The van der Waals surface area contributed by atoms with E-state index in [2.05, 4.69) is 4.98 Å². The molecule has 0 radical (unpaired) electrons. The van der Waals surface area contributed by atoms with Gasteiger partial charge in [-0.15, -0.1) is 0 Å². The SMILES string of the molecule is Cc1cc(=O)n(CC(N)=O)c(SCc2ccccc2Cl)n1. The Morgan fingerprint density at radius 3 is 2.81 bits per heavy atom. The van der Waals surface area contributed by atoms with Crippen LogP contribution in [0.3, 0.4) is 0 Å². The van der Waals surface area contributed by atoms with E-state index in [0.717, 1.165) is 5.56 Å². The van der Waals surface area contributed by atoms with Gasteiger partial charge in [0.1, 0.15) is 6.54 Å². The highest BCUT2D eigenvalue weighted by molar-refractivity contribution is 7.98.